The zero-order valence-electron chi connectivity index (χ0n) is 10.6. The van der Waals surface area contributed by atoms with Crippen LogP contribution in [-0.4, -0.2) is 32.4 Å². The van der Waals surface area contributed by atoms with Crippen LogP contribution in [0.25, 0.3) is 0 Å². The van der Waals surface area contributed by atoms with Gasteiger partial charge in [0.25, 0.3) is 0 Å². The first kappa shape index (κ1) is 13.1. The number of hydrogen-bond donors (Lipinski definition) is 1. The second kappa shape index (κ2) is 6.59. The molecule has 4 heteroatoms. The Kier molecular flexibility index (Phi) is 4.81. The van der Waals surface area contributed by atoms with Crippen molar-refractivity contribution >= 4 is 5.69 Å². The van der Waals surface area contributed by atoms with Gasteiger partial charge in [0.05, 0.1) is 13.3 Å². The molecule has 1 aliphatic heterocycles. The molecule has 0 aromatic heterocycles. The van der Waals surface area contributed by atoms with Crippen molar-refractivity contribution in [1.29, 1.82) is 0 Å². The summed E-state index contributed by atoms with van der Waals surface area (Å²) in [4.78, 5) is 2.31. The van der Waals surface area contributed by atoms with Crippen molar-refractivity contribution in [3.05, 3.63) is 24.3 Å². The van der Waals surface area contributed by atoms with E-state index >= 15 is 0 Å². The summed E-state index contributed by atoms with van der Waals surface area (Å²) >= 11 is 0. The standard InChI is InChI=1S/C14H21FN2O/c15-8-2-10-18-14-6-4-13(5-7-14)17-9-1-3-12(16)11-17/h4-7,12H,1-3,8-11,16H2. The van der Waals surface area contributed by atoms with Crippen LogP contribution in [0, 0.1) is 0 Å². The predicted octanol–water partition coefficient (Wildman–Crippen LogP) is 2.35. The highest BCUT2D eigenvalue weighted by atomic mass is 19.1. The summed E-state index contributed by atoms with van der Waals surface area (Å²) in [5, 5.41) is 0. The van der Waals surface area contributed by atoms with E-state index in [1.807, 2.05) is 24.3 Å². The lowest BCUT2D eigenvalue weighted by atomic mass is 10.1. The van der Waals surface area contributed by atoms with E-state index < -0.39 is 0 Å². The number of anilines is 1. The van der Waals surface area contributed by atoms with Crippen LogP contribution in [0.3, 0.4) is 0 Å². The Morgan fingerprint density at radius 1 is 1.33 bits per heavy atom. The van der Waals surface area contributed by atoms with Crippen LogP contribution in [0.15, 0.2) is 24.3 Å². The summed E-state index contributed by atoms with van der Waals surface area (Å²) < 4.78 is 17.4. The molecule has 0 amide bonds. The average Bonchev–Trinajstić information content (AvgIpc) is 2.40. The fourth-order valence-corrected chi connectivity index (χ4v) is 2.24. The van der Waals surface area contributed by atoms with Crippen molar-refractivity contribution in [2.24, 2.45) is 5.73 Å². The number of piperidine rings is 1. The van der Waals surface area contributed by atoms with Gasteiger partial charge in [0, 0.05) is 31.2 Å². The SMILES string of the molecule is NC1CCCN(c2ccc(OCCCF)cc2)C1. The minimum Gasteiger partial charge on any atom is -0.493 e. The van der Waals surface area contributed by atoms with Gasteiger partial charge in [0.2, 0.25) is 0 Å². The third kappa shape index (κ3) is 3.60. The molecular weight excluding hydrogens is 231 g/mol. The molecule has 0 bridgehead atoms. The minimum atomic E-state index is -0.330. The lowest BCUT2D eigenvalue weighted by Gasteiger charge is -2.32. The average molecular weight is 252 g/mol. The van der Waals surface area contributed by atoms with Crippen LogP contribution in [0.2, 0.25) is 0 Å². The van der Waals surface area contributed by atoms with E-state index in [1.54, 1.807) is 0 Å². The maximum absolute atomic E-state index is 11.9. The Morgan fingerprint density at radius 3 is 2.78 bits per heavy atom. The molecular formula is C14H21FN2O. The number of halogens is 1. The molecule has 1 atom stereocenters. The highest BCUT2D eigenvalue weighted by Crippen LogP contribution is 2.22. The Bertz CT molecular complexity index is 355. The normalized spacial score (nSPS) is 19.9. The van der Waals surface area contributed by atoms with Gasteiger partial charge in [-0.25, -0.2) is 0 Å². The molecule has 1 saturated heterocycles. The summed E-state index contributed by atoms with van der Waals surface area (Å²) in [5.41, 5.74) is 7.15. The molecule has 1 fully saturated rings. The second-order valence-corrected chi connectivity index (χ2v) is 4.73. The molecule has 1 aromatic rings. The summed E-state index contributed by atoms with van der Waals surface area (Å²) in [7, 11) is 0. The lowest BCUT2D eigenvalue weighted by molar-refractivity contribution is 0.289. The van der Waals surface area contributed by atoms with E-state index in [2.05, 4.69) is 4.90 Å². The highest BCUT2D eigenvalue weighted by Gasteiger charge is 2.16. The Balaban J connectivity index is 1.90. The molecule has 1 unspecified atom stereocenters. The molecule has 2 rings (SSSR count). The van der Waals surface area contributed by atoms with Gasteiger partial charge in [0.1, 0.15) is 5.75 Å². The van der Waals surface area contributed by atoms with E-state index in [0.717, 1.165) is 31.7 Å². The van der Waals surface area contributed by atoms with E-state index in [9.17, 15) is 4.39 Å². The molecule has 1 aliphatic rings. The van der Waals surface area contributed by atoms with Crippen LogP contribution in [0.5, 0.6) is 5.75 Å². The number of alkyl halides is 1. The van der Waals surface area contributed by atoms with Gasteiger partial charge in [-0.15, -0.1) is 0 Å². The van der Waals surface area contributed by atoms with Crippen molar-refractivity contribution < 1.29 is 9.13 Å². The van der Waals surface area contributed by atoms with Gasteiger partial charge in [-0.05, 0) is 37.1 Å². The summed E-state index contributed by atoms with van der Waals surface area (Å²) in [5.74, 6) is 0.800. The first-order chi connectivity index (χ1) is 8.79. The van der Waals surface area contributed by atoms with Crippen LogP contribution in [0.1, 0.15) is 19.3 Å². The number of hydrogen-bond acceptors (Lipinski definition) is 3. The first-order valence-corrected chi connectivity index (χ1v) is 6.59. The zero-order chi connectivity index (χ0) is 12.8. The van der Waals surface area contributed by atoms with Crippen molar-refractivity contribution in [3.8, 4) is 5.75 Å². The molecule has 2 N–H and O–H groups in total. The number of ether oxygens (including phenoxy) is 1. The zero-order valence-corrected chi connectivity index (χ0v) is 10.6. The van der Waals surface area contributed by atoms with Crippen molar-refractivity contribution in [2.75, 3.05) is 31.3 Å². The van der Waals surface area contributed by atoms with E-state index in [4.69, 9.17) is 10.5 Å². The van der Waals surface area contributed by atoms with E-state index in [0.29, 0.717) is 13.0 Å². The molecule has 0 saturated carbocycles. The van der Waals surface area contributed by atoms with Gasteiger partial charge >= 0.3 is 0 Å². The quantitative estimate of drug-likeness (QED) is 0.818. The summed E-state index contributed by atoms with van der Waals surface area (Å²) in [6.45, 7) is 2.09. The number of benzene rings is 1. The maximum atomic E-state index is 11.9. The first-order valence-electron chi connectivity index (χ1n) is 6.59. The summed E-state index contributed by atoms with van der Waals surface area (Å²) in [6.07, 6.45) is 2.71. The molecule has 0 radical (unpaired) electrons. The molecule has 18 heavy (non-hydrogen) atoms. The molecule has 1 heterocycles. The smallest absolute Gasteiger partial charge is 0.119 e. The molecule has 0 aliphatic carbocycles. The Labute approximate surface area is 108 Å². The van der Waals surface area contributed by atoms with Gasteiger partial charge in [-0.3, -0.25) is 4.39 Å². The number of nitrogens with zero attached hydrogens (tertiary/aromatic N) is 1. The fraction of sp³-hybridized carbons (Fsp3) is 0.571. The Morgan fingerprint density at radius 2 is 2.11 bits per heavy atom. The largest absolute Gasteiger partial charge is 0.493 e. The molecule has 1 aromatic carbocycles. The van der Waals surface area contributed by atoms with Gasteiger partial charge in [0.15, 0.2) is 0 Å². The van der Waals surface area contributed by atoms with Crippen molar-refractivity contribution in [1.82, 2.24) is 0 Å². The second-order valence-electron chi connectivity index (χ2n) is 4.73. The predicted molar refractivity (Wildman–Crippen MR) is 72.0 cm³/mol. The maximum Gasteiger partial charge on any atom is 0.119 e. The van der Waals surface area contributed by atoms with Crippen molar-refractivity contribution in [3.63, 3.8) is 0 Å². The topological polar surface area (TPSA) is 38.5 Å². The van der Waals surface area contributed by atoms with Crippen molar-refractivity contribution in [2.45, 2.75) is 25.3 Å². The van der Waals surface area contributed by atoms with E-state index in [1.165, 1.54) is 5.69 Å². The highest BCUT2D eigenvalue weighted by molar-refractivity contribution is 5.49. The van der Waals surface area contributed by atoms with Crippen LogP contribution in [0.4, 0.5) is 10.1 Å². The third-order valence-electron chi connectivity index (χ3n) is 3.21. The van der Waals surface area contributed by atoms with Crippen LogP contribution >= 0.6 is 0 Å². The molecule has 100 valence electrons. The number of nitrogens with two attached hydrogens (primary N) is 1. The van der Waals surface area contributed by atoms with Crippen LogP contribution < -0.4 is 15.4 Å². The van der Waals surface area contributed by atoms with Gasteiger partial charge < -0.3 is 15.4 Å². The molecule has 3 nitrogen and oxygen atoms in total. The molecule has 0 spiro atoms. The summed E-state index contributed by atoms with van der Waals surface area (Å²) in [6, 6.07) is 8.24. The van der Waals surface area contributed by atoms with Crippen LogP contribution in [-0.2, 0) is 0 Å². The third-order valence-corrected chi connectivity index (χ3v) is 3.21. The Hall–Kier alpha value is -1.29. The minimum absolute atomic E-state index is 0.277. The lowest BCUT2D eigenvalue weighted by Crippen LogP contribution is -2.42. The van der Waals surface area contributed by atoms with E-state index in [-0.39, 0.29) is 12.7 Å². The fourth-order valence-electron chi connectivity index (χ4n) is 2.24. The van der Waals surface area contributed by atoms with Gasteiger partial charge in [-0.1, -0.05) is 0 Å². The van der Waals surface area contributed by atoms with Gasteiger partial charge in [-0.2, -0.15) is 0 Å². The number of rotatable bonds is 5. The monoisotopic (exact) mass is 252 g/mol.